The van der Waals surface area contributed by atoms with Gasteiger partial charge in [-0.25, -0.2) is 10.2 Å². The van der Waals surface area contributed by atoms with E-state index in [1.54, 1.807) is 24.3 Å². The molecule has 0 unspecified atom stereocenters. The van der Waals surface area contributed by atoms with Gasteiger partial charge in [-0.2, -0.15) is 5.10 Å². The molecule has 0 aliphatic rings. The van der Waals surface area contributed by atoms with Crippen molar-refractivity contribution in [2.75, 3.05) is 7.11 Å². The van der Waals surface area contributed by atoms with Crippen molar-refractivity contribution < 1.29 is 23.5 Å². The van der Waals surface area contributed by atoms with Crippen LogP contribution in [0.25, 0.3) is 22.0 Å². The lowest BCUT2D eigenvalue weighted by Crippen LogP contribution is -2.18. The monoisotopic (exact) mass is 507 g/mol. The summed E-state index contributed by atoms with van der Waals surface area (Å²) in [5.41, 5.74) is 8.51. The third-order valence-electron chi connectivity index (χ3n) is 6.03. The predicted molar refractivity (Wildman–Crippen MR) is 145 cm³/mol. The molecule has 0 saturated heterocycles. The van der Waals surface area contributed by atoms with Crippen LogP contribution < -0.4 is 14.9 Å². The highest BCUT2D eigenvalue weighted by Crippen LogP contribution is 2.35. The van der Waals surface area contributed by atoms with E-state index in [4.69, 9.17) is 13.9 Å². The molecule has 0 radical (unpaired) electrons. The topological polar surface area (TPSA) is 106 Å². The second-order valence-electron chi connectivity index (χ2n) is 8.72. The molecule has 0 aliphatic carbocycles. The van der Waals surface area contributed by atoms with Crippen LogP contribution in [0.15, 0.2) is 88.6 Å². The lowest BCUT2D eigenvalue weighted by atomic mass is 9.99. The summed E-state index contributed by atoms with van der Waals surface area (Å²) in [6.07, 6.45) is 2.88. The largest absolute Gasteiger partial charge is 0.493 e. The van der Waals surface area contributed by atoms with E-state index in [9.17, 15) is 9.59 Å². The van der Waals surface area contributed by atoms with Crippen LogP contribution in [0.2, 0.25) is 0 Å². The number of carbonyl (C=O) groups excluding carboxylic acids is 2. The highest BCUT2D eigenvalue weighted by molar-refractivity contribution is 6.10. The van der Waals surface area contributed by atoms with Gasteiger partial charge < -0.3 is 18.9 Å². The van der Waals surface area contributed by atoms with Crippen LogP contribution in [0, 0.1) is 13.8 Å². The number of H-pyrrole nitrogens is 1. The molecule has 2 aromatic heterocycles. The van der Waals surface area contributed by atoms with Crippen LogP contribution in [0.5, 0.6) is 11.5 Å². The predicted octanol–water partition coefficient (Wildman–Crippen LogP) is 6.04. The molecule has 0 atom stereocenters. The van der Waals surface area contributed by atoms with Gasteiger partial charge in [0.05, 0.1) is 19.6 Å². The molecule has 5 rings (SSSR count). The number of nitrogens with one attached hydrogen (secondary N) is 2. The van der Waals surface area contributed by atoms with E-state index < -0.39 is 5.97 Å². The summed E-state index contributed by atoms with van der Waals surface area (Å²) in [5, 5.41) is 5.13. The van der Waals surface area contributed by atoms with Crippen molar-refractivity contribution in [1.82, 2.24) is 10.4 Å². The highest BCUT2D eigenvalue weighted by Gasteiger charge is 2.20. The number of ether oxygens (including phenoxy) is 2. The van der Waals surface area contributed by atoms with Crippen LogP contribution in [0.3, 0.4) is 0 Å². The normalized spacial score (nSPS) is 11.1. The third-order valence-corrected chi connectivity index (χ3v) is 6.03. The Morgan fingerprint density at radius 2 is 1.79 bits per heavy atom. The molecule has 0 spiro atoms. The van der Waals surface area contributed by atoms with Gasteiger partial charge in [-0.15, -0.1) is 0 Å². The number of methoxy groups -OCH3 is 1. The Morgan fingerprint density at radius 1 is 0.974 bits per heavy atom. The Kier molecular flexibility index (Phi) is 6.78. The molecule has 8 heteroatoms. The number of hydrazone groups is 1. The van der Waals surface area contributed by atoms with Crippen molar-refractivity contribution in [3.63, 3.8) is 0 Å². The minimum atomic E-state index is -0.639. The van der Waals surface area contributed by atoms with Crippen molar-refractivity contribution in [2.24, 2.45) is 5.10 Å². The number of aromatic nitrogens is 1. The van der Waals surface area contributed by atoms with Crippen LogP contribution in [-0.4, -0.2) is 30.2 Å². The summed E-state index contributed by atoms with van der Waals surface area (Å²) < 4.78 is 15.8. The summed E-state index contributed by atoms with van der Waals surface area (Å²) in [6, 6.07) is 22.0. The van der Waals surface area contributed by atoms with Gasteiger partial charge in [0.2, 0.25) is 5.76 Å². The molecule has 5 aromatic rings. The Labute approximate surface area is 218 Å². The lowest BCUT2D eigenvalue weighted by molar-refractivity contribution is 0.0696. The minimum absolute atomic E-state index is 0.0811. The van der Waals surface area contributed by atoms with Crippen LogP contribution >= 0.6 is 0 Å². The molecule has 0 aliphatic heterocycles. The number of hydrogen-bond donors (Lipinski definition) is 2. The number of rotatable bonds is 7. The van der Waals surface area contributed by atoms with Gasteiger partial charge in [0.25, 0.3) is 5.91 Å². The van der Waals surface area contributed by atoms with E-state index in [-0.39, 0.29) is 17.4 Å². The fourth-order valence-corrected chi connectivity index (χ4v) is 4.34. The van der Waals surface area contributed by atoms with Crippen molar-refractivity contribution in [3.8, 4) is 22.6 Å². The van der Waals surface area contributed by atoms with E-state index in [2.05, 4.69) is 27.6 Å². The molecule has 0 fully saturated rings. The number of esters is 1. The second kappa shape index (κ2) is 10.5. The number of hydrogen-bond acceptors (Lipinski definition) is 6. The number of aryl methyl sites for hydroxylation is 2. The minimum Gasteiger partial charge on any atom is -0.493 e. The molecular weight excluding hydrogens is 482 g/mol. The van der Waals surface area contributed by atoms with Gasteiger partial charge in [0.1, 0.15) is 5.69 Å². The summed E-state index contributed by atoms with van der Waals surface area (Å²) in [6.45, 7) is 4.05. The molecule has 2 N–H and O–H groups in total. The smallest absolute Gasteiger partial charge is 0.379 e. The maximum Gasteiger partial charge on any atom is 0.379 e. The van der Waals surface area contributed by atoms with Crippen molar-refractivity contribution in [2.45, 2.75) is 13.8 Å². The fourth-order valence-electron chi connectivity index (χ4n) is 4.34. The molecule has 190 valence electrons. The van der Waals surface area contributed by atoms with Crippen molar-refractivity contribution in [1.29, 1.82) is 0 Å². The summed E-state index contributed by atoms with van der Waals surface area (Å²) in [4.78, 5) is 28.8. The number of fused-ring (bicyclic) bond motifs is 1. The molecule has 2 heterocycles. The van der Waals surface area contributed by atoms with Crippen LogP contribution in [0.4, 0.5) is 0 Å². The first-order valence-corrected chi connectivity index (χ1v) is 11.9. The van der Waals surface area contributed by atoms with Gasteiger partial charge >= 0.3 is 5.97 Å². The number of carbonyl (C=O) groups is 2. The number of amides is 1. The molecule has 1 amide bonds. The van der Waals surface area contributed by atoms with Crippen molar-refractivity contribution in [3.05, 3.63) is 107 Å². The first kappa shape index (κ1) is 24.6. The zero-order valence-electron chi connectivity index (χ0n) is 21.1. The van der Waals surface area contributed by atoms with E-state index in [1.165, 1.54) is 25.7 Å². The van der Waals surface area contributed by atoms with Gasteiger partial charge in [-0.3, -0.25) is 4.79 Å². The third kappa shape index (κ3) is 4.92. The first-order chi connectivity index (χ1) is 18.4. The maximum atomic E-state index is 13.3. The number of benzene rings is 3. The molecule has 0 saturated carbocycles. The van der Waals surface area contributed by atoms with Gasteiger partial charge in [0, 0.05) is 16.5 Å². The van der Waals surface area contributed by atoms with E-state index in [0.29, 0.717) is 17.0 Å². The standard InChI is InChI=1S/C30H25N3O5/c1-18-14-19(2)27-22(15-18)26(21-8-5-4-6-9-21)28(32-27)29(34)33-31-17-20-11-12-23(25(16-20)36-3)38-30(35)24-10-7-13-37-24/h4-17,32H,1-3H3,(H,33,34). The second-order valence-corrected chi connectivity index (χ2v) is 8.72. The molecule has 3 aromatic carbocycles. The number of aromatic amines is 1. The zero-order chi connectivity index (χ0) is 26.6. The van der Waals surface area contributed by atoms with Crippen LogP contribution in [-0.2, 0) is 0 Å². The average molecular weight is 508 g/mol. The lowest BCUT2D eigenvalue weighted by Gasteiger charge is -2.09. The highest BCUT2D eigenvalue weighted by atomic mass is 16.6. The van der Waals surface area contributed by atoms with E-state index in [1.807, 2.05) is 44.2 Å². The Hall–Kier alpha value is -5.11. The Bertz CT molecular complexity index is 1650. The van der Waals surface area contributed by atoms with Gasteiger partial charge in [0.15, 0.2) is 11.5 Å². The molecule has 8 nitrogen and oxygen atoms in total. The van der Waals surface area contributed by atoms with E-state index in [0.717, 1.165) is 33.2 Å². The van der Waals surface area contributed by atoms with Crippen molar-refractivity contribution >= 4 is 29.0 Å². The van der Waals surface area contributed by atoms with Crippen LogP contribution in [0.1, 0.15) is 37.7 Å². The Balaban J connectivity index is 1.38. The van der Waals surface area contributed by atoms with Gasteiger partial charge in [-0.05, 0) is 66.9 Å². The average Bonchev–Trinajstić information content (AvgIpc) is 3.59. The van der Waals surface area contributed by atoms with Gasteiger partial charge in [-0.1, -0.05) is 42.0 Å². The first-order valence-electron chi connectivity index (χ1n) is 11.9. The Morgan fingerprint density at radius 3 is 2.53 bits per heavy atom. The quantitative estimate of drug-likeness (QED) is 0.121. The number of nitrogens with zero attached hydrogens (tertiary/aromatic N) is 1. The SMILES string of the molecule is COc1cc(C=NNC(=O)c2[nH]c3c(C)cc(C)cc3c2-c2ccccc2)ccc1OC(=O)c1ccco1. The maximum absolute atomic E-state index is 13.3. The number of furan rings is 1. The molecular formula is C30H25N3O5. The van der Waals surface area contributed by atoms with E-state index >= 15 is 0 Å². The molecule has 38 heavy (non-hydrogen) atoms. The zero-order valence-corrected chi connectivity index (χ0v) is 21.1. The fraction of sp³-hybridized carbons (Fsp3) is 0.100. The summed E-state index contributed by atoms with van der Waals surface area (Å²) in [5.74, 6) is -0.374. The molecule has 0 bridgehead atoms. The summed E-state index contributed by atoms with van der Waals surface area (Å²) >= 11 is 0. The summed E-state index contributed by atoms with van der Waals surface area (Å²) in [7, 11) is 1.47.